The fourth-order valence-electron chi connectivity index (χ4n) is 2.40. The molecule has 0 unspecified atom stereocenters. The van der Waals surface area contributed by atoms with E-state index in [0.717, 1.165) is 12.8 Å². The quantitative estimate of drug-likeness (QED) is 0.369. The van der Waals surface area contributed by atoms with Crippen molar-refractivity contribution in [3.63, 3.8) is 0 Å². The van der Waals surface area contributed by atoms with Gasteiger partial charge in [0.15, 0.2) is 5.96 Å². The van der Waals surface area contributed by atoms with Gasteiger partial charge in [0.1, 0.15) is 0 Å². The highest BCUT2D eigenvalue weighted by Crippen LogP contribution is 2.22. The maximum atomic E-state index is 12.5. The van der Waals surface area contributed by atoms with Gasteiger partial charge in [0.2, 0.25) is 0 Å². The summed E-state index contributed by atoms with van der Waals surface area (Å²) in [5.74, 6) is -1.51. The number of rotatable bonds is 7. The largest absolute Gasteiger partial charge is 0.370 e. The molecule has 1 aliphatic rings. The summed E-state index contributed by atoms with van der Waals surface area (Å²) in [6.45, 7) is 3.95. The lowest BCUT2D eigenvalue weighted by Crippen LogP contribution is -2.54. The SMILES string of the molecule is CCC(CC)O[C@@H]1C=CC[C@H](N=C(N)N)[C@H]1NC(=O)C(F)F. The summed E-state index contributed by atoms with van der Waals surface area (Å²) in [6, 6.07) is -1.26. The first-order chi connectivity index (χ1) is 10.4. The van der Waals surface area contributed by atoms with Crippen LogP contribution < -0.4 is 16.8 Å². The summed E-state index contributed by atoms with van der Waals surface area (Å²) in [4.78, 5) is 15.4. The van der Waals surface area contributed by atoms with E-state index >= 15 is 0 Å². The Morgan fingerprint density at radius 3 is 2.55 bits per heavy atom. The van der Waals surface area contributed by atoms with Crippen molar-refractivity contribution in [1.82, 2.24) is 5.32 Å². The van der Waals surface area contributed by atoms with Crippen molar-refractivity contribution in [1.29, 1.82) is 0 Å². The van der Waals surface area contributed by atoms with Crippen LogP contribution in [0.5, 0.6) is 0 Å². The molecule has 8 heteroatoms. The van der Waals surface area contributed by atoms with Crippen LogP contribution in [-0.2, 0) is 9.53 Å². The van der Waals surface area contributed by atoms with Gasteiger partial charge in [-0.05, 0) is 19.3 Å². The van der Waals surface area contributed by atoms with Gasteiger partial charge in [0, 0.05) is 0 Å². The Morgan fingerprint density at radius 1 is 1.41 bits per heavy atom. The number of carbonyl (C=O) groups is 1. The number of ether oxygens (including phenoxy) is 1. The van der Waals surface area contributed by atoms with Crippen LogP contribution in [0.25, 0.3) is 0 Å². The molecule has 126 valence electrons. The molecule has 0 bridgehead atoms. The lowest BCUT2D eigenvalue weighted by Gasteiger charge is -2.35. The number of hydrogen-bond acceptors (Lipinski definition) is 3. The van der Waals surface area contributed by atoms with E-state index in [1.165, 1.54) is 0 Å². The monoisotopic (exact) mass is 318 g/mol. The maximum Gasteiger partial charge on any atom is 0.315 e. The number of alkyl halides is 2. The Kier molecular flexibility index (Phi) is 7.23. The predicted octanol–water partition coefficient (Wildman–Crippen LogP) is 0.912. The second-order valence-electron chi connectivity index (χ2n) is 5.16. The lowest BCUT2D eigenvalue weighted by atomic mass is 9.93. The van der Waals surface area contributed by atoms with Crippen LogP contribution in [0.1, 0.15) is 33.1 Å². The minimum Gasteiger partial charge on any atom is -0.370 e. The predicted molar refractivity (Wildman–Crippen MR) is 80.5 cm³/mol. The Bertz CT molecular complexity index is 421. The number of nitrogens with two attached hydrogens (primary N) is 2. The van der Waals surface area contributed by atoms with Crippen LogP contribution in [0.2, 0.25) is 0 Å². The lowest BCUT2D eigenvalue weighted by molar-refractivity contribution is -0.134. The summed E-state index contributed by atoms with van der Waals surface area (Å²) in [5, 5.41) is 2.29. The highest BCUT2D eigenvalue weighted by molar-refractivity contribution is 5.80. The molecule has 0 aromatic carbocycles. The van der Waals surface area contributed by atoms with Crippen molar-refractivity contribution in [3.05, 3.63) is 12.2 Å². The molecule has 5 N–H and O–H groups in total. The van der Waals surface area contributed by atoms with Gasteiger partial charge in [-0.3, -0.25) is 4.79 Å². The summed E-state index contributed by atoms with van der Waals surface area (Å²) in [7, 11) is 0. The van der Waals surface area contributed by atoms with E-state index in [-0.39, 0.29) is 12.1 Å². The minimum atomic E-state index is -3.10. The minimum absolute atomic E-state index is 0.0291. The molecule has 0 spiro atoms. The van der Waals surface area contributed by atoms with Gasteiger partial charge in [0.05, 0.1) is 24.3 Å². The Labute approximate surface area is 129 Å². The molecule has 0 saturated heterocycles. The number of amides is 1. The van der Waals surface area contributed by atoms with E-state index < -0.39 is 30.5 Å². The third-order valence-electron chi connectivity index (χ3n) is 3.55. The number of nitrogens with zero attached hydrogens (tertiary/aromatic N) is 1. The first-order valence-electron chi connectivity index (χ1n) is 7.38. The molecule has 0 radical (unpaired) electrons. The van der Waals surface area contributed by atoms with E-state index in [1.54, 1.807) is 6.08 Å². The number of guanidine groups is 1. The van der Waals surface area contributed by atoms with Gasteiger partial charge in [-0.15, -0.1) is 0 Å². The standard InChI is InChI=1S/C14H24F2N4O2/c1-3-8(4-2)22-10-7-5-6-9(19-14(17)18)11(10)20-13(21)12(15)16/h5,7-12H,3-4,6H2,1-2H3,(H,20,21)(H4,17,18,19)/t9-,10+,11+/m0/s1. The van der Waals surface area contributed by atoms with E-state index in [9.17, 15) is 13.6 Å². The number of halogens is 2. The zero-order valence-electron chi connectivity index (χ0n) is 12.8. The first kappa shape index (κ1) is 18.3. The Balaban J connectivity index is 2.94. The van der Waals surface area contributed by atoms with E-state index in [2.05, 4.69) is 10.3 Å². The van der Waals surface area contributed by atoms with E-state index in [4.69, 9.17) is 16.2 Å². The highest BCUT2D eigenvalue weighted by Gasteiger charge is 2.35. The molecule has 1 rings (SSSR count). The van der Waals surface area contributed by atoms with Crippen LogP contribution in [0.15, 0.2) is 17.1 Å². The first-order valence-corrected chi connectivity index (χ1v) is 7.38. The fraction of sp³-hybridized carbons (Fsp3) is 0.714. The molecule has 0 heterocycles. The van der Waals surface area contributed by atoms with Crippen LogP contribution in [0, 0.1) is 0 Å². The van der Waals surface area contributed by atoms with Crippen molar-refractivity contribution >= 4 is 11.9 Å². The molecule has 1 amide bonds. The van der Waals surface area contributed by atoms with Gasteiger partial charge in [-0.2, -0.15) is 8.78 Å². The van der Waals surface area contributed by atoms with Gasteiger partial charge >= 0.3 is 6.43 Å². The van der Waals surface area contributed by atoms with Crippen LogP contribution >= 0.6 is 0 Å². The summed E-state index contributed by atoms with van der Waals surface area (Å²) in [6.07, 6.45) is 1.91. The molecule has 1 aliphatic carbocycles. The normalized spacial score (nSPS) is 24.5. The molecule has 0 fully saturated rings. The van der Waals surface area contributed by atoms with Gasteiger partial charge < -0.3 is 21.5 Å². The van der Waals surface area contributed by atoms with Gasteiger partial charge in [0.25, 0.3) is 5.91 Å². The van der Waals surface area contributed by atoms with Crippen molar-refractivity contribution in [2.24, 2.45) is 16.5 Å². The molecular weight excluding hydrogens is 294 g/mol. The number of carbonyl (C=O) groups excluding carboxylic acids is 1. The number of hydrogen-bond donors (Lipinski definition) is 3. The van der Waals surface area contributed by atoms with Crippen molar-refractivity contribution in [2.45, 2.75) is 63.8 Å². The van der Waals surface area contributed by atoms with Crippen molar-refractivity contribution in [2.75, 3.05) is 0 Å². The van der Waals surface area contributed by atoms with Crippen LogP contribution in [-0.4, -0.2) is 42.6 Å². The van der Waals surface area contributed by atoms with Gasteiger partial charge in [-0.1, -0.05) is 26.0 Å². The van der Waals surface area contributed by atoms with E-state index in [1.807, 2.05) is 19.9 Å². The zero-order valence-corrected chi connectivity index (χ0v) is 12.8. The topological polar surface area (TPSA) is 103 Å². The number of aliphatic imine (C=N–C) groups is 1. The molecular formula is C14H24F2N4O2. The molecule has 3 atom stereocenters. The number of nitrogens with one attached hydrogen (secondary N) is 1. The van der Waals surface area contributed by atoms with Crippen molar-refractivity contribution < 1.29 is 18.3 Å². The molecule has 22 heavy (non-hydrogen) atoms. The second kappa shape index (κ2) is 8.67. The zero-order chi connectivity index (χ0) is 16.7. The Morgan fingerprint density at radius 2 is 2.05 bits per heavy atom. The van der Waals surface area contributed by atoms with Crippen LogP contribution in [0.3, 0.4) is 0 Å². The van der Waals surface area contributed by atoms with Crippen LogP contribution in [0.4, 0.5) is 8.78 Å². The third-order valence-corrected chi connectivity index (χ3v) is 3.55. The molecule has 6 nitrogen and oxygen atoms in total. The van der Waals surface area contributed by atoms with Gasteiger partial charge in [-0.25, -0.2) is 4.99 Å². The second-order valence-corrected chi connectivity index (χ2v) is 5.16. The third kappa shape index (κ3) is 5.25. The average molecular weight is 318 g/mol. The summed E-state index contributed by atoms with van der Waals surface area (Å²) in [5.41, 5.74) is 10.8. The molecule has 0 aliphatic heterocycles. The van der Waals surface area contributed by atoms with E-state index in [0.29, 0.717) is 6.42 Å². The maximum absolute atomic E-state index is 12.5. The summed E-state index contributed by atoms with van der Waals surface area (Å²) >= 11 is 0. The smallest absolute Gasteiger partial charge is 0.315 e. The fourth-order valence-corrected chi connectivity index (χ4v) is 2.40. The molecule has 0 aromatic rings. The van der Waals surface area contributed by atoms with Crippen molar-refractivity contribution in [3.8, 4) is 0 Å². The Hall–Kier alpha value is -1.70. The molecule has 0 saturated carbocycles. The highest BCUT2D eigenvalue weighted by atomic mass is 19.3. The average Bonchev–Trinajstić information content (AvgIpc) is 2.46. The summed E-state index contributed by atoms with van der Waals surface area (Å²) < 4.78 is 31.0. The molecule has 0 aromatic heterocycles.